The molecular weight excluding hydrogens is 290 g/mol. The summed E-state index contributed by atoms with van der Waals surface area (Å²) in [4.78, 5) is 14.6. The second kappa shape index (κ2) is 6.59. The first-order valence-corrected chi connectivity index (χ1v) is 8.86. The Morgan fingerprint density at radius 2 is 1.91 bits per heavy atom. The number of rotatable bonds is 3. The zero-order chi connectivity index (χ0) is 16.4. The maximum atomic E-state index is 12.7. The van der Waals surface area contributed by atoms with E-state index in [2.05, 4.69) is 29.5 Å². The molecule has 6 heteroatoms. The van der Waals surface area contributed by atoms with E-state index in [1.165, 1.54) is 12.8 Å². The summed E-state index contributed by atoms with van der Waals surface area (Å²) in [7, 11) is 1.91. The summed E-state index contributed by atoms with van der Waals surface area (Å²) in [6.45, 7) is 6.64. The van der Waals surface area contributed by atoms with Gasteiger partial charge in [0, 0.05) is 13.1 Å². The Morgan fingerprint density at radius 1 is 1.26 bits per heavy atom. The van der Waals surface area contributed by atoms with Crippen molar-refractivity contribution in [3.63, 3.8) is 0 Å². The van der Waals surface area contributed by atoms with Crippen molar-refractivity contribution in [1.82, 2.24) is 25.2 Å². The minimum atomic E-state index is 0.00916. The average Bonchev–Trinajstić information content (AvgIpc) is 3.04. The van der Waals surface area contributed by atoms with E-state index in [9.17, 15) is 4.79 Å². The molecule has 2 heterocycles. The maximum Gasteiger partial charge on any atom is 0.276 e. The quantitative estimate of drug-likeness (QED) is 0.928. The fourth-order valence-electron chi connectivity index (χ4n) is 3.74. The number of nitrogens with zero attached hydrogens (tertiary/aromatic N) is 4. The van der Waals surface area contributed by atoms with Crippen molar-refractivity contribution < 1.29 is 4.79 Å². The first kappa shape index (κ1) is 16.4. The molecule has 128 valence electrons. The normalized spacial score (nSPS) is 22.9. The van der Waals surface area contributed by atoms with E-state index < -0.39 is 0 Å². The topological polar surface area (TPSA) is 63.1 Å². The largest absolute Gasteiger partial charge is 0.337 e. The van der Waals surface area contributed by atoms with Crippen LogP contribution in [-0.4, -0.2) is 52.0 Å². The monoisotopic (exact) mass is 319 g/mol. The molecule has 3 rings (SSSR count). The summed E-state index contributed by atoms with van der Waals surface area (Å²) in [6.07, 6.45) is 8.44. The van der Waals surface area contributed by atoms with Gasteiger partial charge in [-0.15, -0.1) is 5.10 Å². The predicted octanol–water partition coefficient (Wildman–Crippen LogP) is 2.24. The first-order valence-electron chi connectivity index (χ1n) is 8.86. The summed E-state index contributed by atoms with van der Waals surface area (Å²) < 4.78 is 1.88. The van der Waals surface area contributed by atoms with Crippen LogP contribution in [0.2, 0.25) is 0 Å². The first-order chi connectivity index (χ1) is 11.0. The van der Waals surface area contributed by atoms with Crippen LogP contribution in [0.3, 0.4) is 0 Å². The summed E-state index contributed by atoms with van der Waals surface area (Å²) in [6, 6.07) is 0.700. The number of carbonyl (C=O) groups excluding carboxylic acids is 1. The SMILES string of the molecule is CN(C(=O)c1cn(C2CCNCC2)nn1)C1CCC(C)(C)CC1. The Kier molecular flexibility index (Phi) is 4.71. The van der Waals surface area contributed by atoms with Gasteiger partial charge in [-0.25, -0.2) is 4.68 Å². The Morgan fingerprint density at radius 3 is 2.57 bits per heavy atom. The summed E-state index contributed by atoms with van der Waals surface area (Å²) >= 11 is 0. The summed E-state index contributed by atoms with van der Waals surface area (Å²) in [5.74, 6) is 0.00916. The molecule has 6 nitrogen and oxygen atoms in total. The molecule has 1 saturated carbocycles. The van der Waals surface area contributed by atoms with Crippen LogP contribution in [0.1, 0.15) is 68.9 Å². The van der Waals surface area contributed by atoms with Gasteiger partial charge in [0.2, 0.25) is 0 Å². The van der Waals surface area contributed by atoms with Gasteiger partial charge in [0.1, 0.15) is 0 Å². The molecule has 2 aliphatic rings. The van der Waals surface area contributed by atoms with Crippen LogP contribution in [-0.2, 0) is 0 Å². The van der Waals surface area contributed by atoms with Crippen LogP contribution >= 0.6 is 0 Å². The van der Waals surface area contributed by atoms with Crippen molar-refractivity contribution >= 4 is 5.91 Å². The molecule has 1 aromatic rings. The van der Waals surface area contributed by atoms with E-state index in [-0.39, 0.29) is 5.91 Å². The van der Waals surface area contributed by atoms with Gasteiger partial charge in [-0.3, -0.25) is 4.79 Å². The van der Waals surface area contributed by atoms with Crippen LogP contribution in [0.5, 0.6) is 0 Å². The summed E-state index contributed by atoms with van der Waals surface area (Å²) in [5.41, 5.74) is 0.898. The number of amides is 1. The Balaban J connectivity index is 1.62. The van der Waals surface area contributed by atoms with Crippen LogP contribution < -0.4 is 5.32 Å². The lowest BCUT2D eigenvalue weighted by molar-refractivity contribution is 0.0629. The highest BCUT2D eigenvalue weighted by molar-refractivity contribution is 5.91. The third-order valence-corrected chi connectivity index (χ3v) is 5.59. The Labute approximate surface area is 138 Å². The molecular formula is C17H29N5O. The van der Waals surface area contributed by atoms with E-state index in [0.717, 1.165) is 38.8 Å². The molecule has 1 N–H and O–H groups in total. The molecule has 0 aromatic carbocycles. The van der Waals surface area contributed by atoms with E-state index in [1.54, 1.807) is 0 Å². The lowest BCUT2D eigenvalue weighted by Gasteiger charge is -2.38. The molecule has 1 aliphatic carbocycles. The highest BCUT2D eigenvalue weighted by atomic mass is 16.2. The van der Waals surface area contributed by atoms with Crippen molar-refractivity contribution in [1.29, 1.82) is 0 Å². The van der Waals surface area contributed by atoms with Gasteiger partial charge in [-0.1, -0.05) is 19.1 Å². The van der Waals surface area contributed by atoms with Crippen molar-refractivity contribution in [2.45, 2.75) is 64.5 Å². The van der Waals surface area contributed by atoms with Crippen LogP contribution in [0.25, 0.3) is 0 Å². The predicted molar refractivity (Wildman–Crippen MR) is 89.3 cm³/mol. The van der Waals surface area contributed by atoms with Gasteiger partial charge in [0.25, 0.3) is 5.91 Å². The lowest BCUT2D eigenvalue weighted by atomic mass is 9.75. The molecule has 1 saturated heterocycles. The Bertz CT molecular complexity index is 537. The number of carbonyl (C=O) groups is 1. The molecule has 1 aromatic heterocycles. The second-order valence-corrected chi connectivity index (χ2v) is 7.88. The molecule has 0 bridgehead atoms. The molecule has 1 aliphatic heterocycles. The van der Waals surface area contributed by atoms with E-state index in [0.29, 0.717) is 23.2 Å². The van der Waals surface area contributed by atoms with Gasteiger partial charge in [-0.05, 0) is 57.0 Å². The smallest absolute Gasteiger partial charge is 0.276 e. The maximum absolute atomic E-state index is 12.7. The molecule has 2 fully saturated rings. The molecule has 1 amide bonds. The standard InChI is InChI=1S/C17H29N5O/c1-17(2)8-4-13(5-9-17)21(3)16(23)15-12-22(20-19-15)14-6-10-18-11-7-14/h12-14,18H,4-11H2,1-3H3. The molecule has 0 radical (unpaired) electrons. The number of piperidine rings is 1. The van der Waals surface area contributed by atoms with E-state index >= 15 is 0 Å². The number of nitrogens with one attached hydrogen (secondary N) is 1. The molecule has 0 atom stereocenters. The number of hydrogen-bond donors (Lipinski definition) is 1. The van der Waals surface area contributed by atoms with Crippen molar-refractivity contribution in [2.24, 2.45) is 5.41 Å². The average molecular weight is 319 g/mol. The third kappa shape index (κ3) is 3.74. The zero-order valence-corrected chi connectivity index (χ0v) is 14.6. The van der Waals surface area contributed by atoms with Crippen LogP contribution in [0.4, 0.5) is 0 Å². The Hall–Kier alpha value is -1.43. The van der Waals surface area contributed by atoms with Crippen molar-refractivity contribution in [2.75, 3.05) is 20.1 Å². The summed E-state index contributed by atoms with van der Waals surface area (Å²) in [5, 5.41) is 11.7. The van der Waals surface area contributed by atoms with Gasteiger partial charge in [0.05, 0.1) is 12.2 Å². The third-order valence-electron chi connectivity index (χ3n) is 5.59. The number of hydrogen-bond acceptors (Lipinski definition) is 4. The fourth-order valence-corrected chi connectivity index (χ4v) is 3.74. The highest BCUT2D eigenvalue weighted by Gasteiger charge is 2.31. The van der Waals surface area contributed by atoms with Gasteiger partial charge in [-0.2, -0.15) is 0 Å². The lowest BCUT2D eigenvalue weighted by Crippen LogP contribution is -2.41. The van der Waals surface area contributed by atoms with Crippen LogP contribution in [0, 0.1) is 5.41 Å². The fraction of sp³-hybridized carbons (Fsp3) is 0.824. The minimum Gasteiger partial charge on any atom is -0.337 e. The zero-order valence-electron chi connectivity index (χ0n) is 14.6. The number of aromatic nitrogens is 3. The van der Waals surface area contributed by atoms with Crippen LogP contribution in [0.15, 0.2) is 6.20 Å². The molecule has 0 spiro atoms. The van der Waals surface area contributed by atoms with Crippen molar-refractivity contribution in [3.8, 4) is 0 Å². The van der Waals surface area contributed by atoms with Gasteiger partial charge >= 0.3 is 0 Å². The minimum absolute atomic E-state index is 0.00916. The van der Waals surface area contributed by atoms with E-state index in [4.69, 9.17) is 0 Å². The highest BCUT2D eigenvalue weighted by Crippen LogP contribution is 2.36. The second-order valence-electron chi connectivity index (χ2n) is 7.88. The molecule has 23 heavy (non-hydrogen) atoms. The van der Waals surface area contributed by atoms with Gasteiger partial charge < -0.3 is 10.2 Å². The van der Waals surface area contributed by atoms with E-state index in [1.807, 2.05) is 22.8 Å². The van der Waals surface area contributed by atoms with Gasteiger partial charge in [0.15, 0.2) is 5.69 Å². The molecule has 0 unspecified atom stereocenters. The van der Waals surface area contributed by atoms with Crippen molar-refractivity contribution in [3.05, 3.63) is 11.9 Å².